The molecule has 1 aliphatic rings. The zero-order valence-electron chi connectivity index (χ0n) is 14.2. The third-order valence-electron chi connectivity index (χ3n) is 3.86. The molecular weight excluding hydrogens is 248 g/mol. The molecule has 0 aliphatic carbocycles. The molecule has 1 rings (SSSR count). The maximum atomic E-state index is 5.93. The van der Waals surface area contributed by atoms with E-state index in [1.165, 1.54) is 11.1 Å². The van der Waals surface area contributed by atoms with Gasteiger partial charge in [0, 0.05) is 5.41 Å². The van der Waals surface area contributed by atoms with Crippen molar-refractivity contribution in [2.24, 2.45) is 5.41 Å². The van der Waals surface area contributed by atoms with E-state index < -0.39 is 0 Å². The molecule has 0 N–H and O–H groups in total. The van der Waals surface area contributed by atoms with Crippen LogP contribution in [0.2, 0.25) is 0 Å². The average molecular weight is 280 g/mol. The molecule has 116 valence electrons. The van der Waals surface area contributed by atoms with Gasteiger partial charge in [-0.2, -0.15) is 0 Å². The zero-order valence-corrected chi connectivity index (χ0v) is 14.2. The SMILES string of the molecule is CC(C)=CCC/C(C)=C/CC(C)(C)[C@H]1OCC[C@@H](C)O1. The van der Waals surface area contributed by atoms with E-state index in [4.69, 9.17) is 9.47 Å². The molecule has 0 spiro atoms. The molecule has 1 fully saturated rings. The summed E-state index contributed by atoms with van der Waals surface area (Å²) < 4.78 is 11.7. The van der Waals surface area contributed by atoms with Crippen LogP contribution in [0.4, 0.5) is 0 Å². The summed E-state index contributed by atoms with van der Waals surface area (Å²) >= 11 is 0. The van der Waals surface area contributed by atoms with Crippen LogP contribution in [0.25, 0.3) is 0 Å². The highest BCUT2D eigenvalue weighted by atomic mass is 16.7. The Balaban J connectivity index is 2.46. The van der Waals surface area contributed by atoms with E-state index in [0.29, 0.717) is 6.10 Å². The molecule has 0 saturated carbocycles. The first-order valence-electron chi connectivity index (χ1n) is 7.87. The molecule has 2 heteroatoms. The van der Waals surface area contributed by atoms with Crippen LogP contribution in [0, 0.1) is 5.41 Å². The summed E-state index contributed by atoms with van der Waals surface area (Å²) in [6.07, 6.45) is 9.18. The monoisotopic (exact) mass is 280 g/mol. The first-order chi connectivity index (χ1) is 9.31. The van der Waals surface area contributed by atoms with E-state index in [1.807, 2.05) is 0 Å². The van der Waals surface area contributed by atoms with Crippen LogP contribution in [0.3, 0.4) is 0 Å². The molecule has 1 aliphatic heterocycles. The molecule has 0 unspecified atom stereocenters. The van der Waals surface area contributed by atoms with Gasteiger partial charge in [-0.1, -0.05) is 37.1 Å². The Labute approximate surface area is 125 Å². The summed E-state index contributed by atoms with van der Waals surface area (Å²) in [7, 11) is 0. The molecule has 0 bridgehead atoms. The van der Waals surface area contributed by atoms with Crippen molar-refractivity contribution in [1.82, 2.24) is 0 Å². The van der Waals surface area contributed by atoms with Gasteiger partial charge in [-0.25, -0.2) is 0 Å². The highest BCUT2D eigenvalue weighted by Crippen LogP contribution is 2.33. The van der Waals surface area contributed by atoms with Crippen LogP contribution >= 0.6 is 0 Å². The highest BCUT2D eigenvalue weighted by Gasteiger charge is 2.34. The molecule has 0 aromatic carbocycles. The van der Waals surface area contributed by atoms with Crippen molar-refractivity contribution in [3.05, 3.63) is 23.3 Å². The quantitative estimate of drug-likeness (QED) is 0.619. The summed E-state index contributed by atoms with van der Waals surface area (Å²) in [6, 6.07) is 0. The van der Waals surface area contributed by atoms with E-state index in [1.54, 1.807) is 0 Å². The summed E-state index contributed by atoms with van der Waals surface area (Å²) in [5, 5.41) is 0. The first-order valence-corrected chi connectivity index (χ1v) is 7.87. The lowest BCUT2D eigenvalue weighted by Crippen LogP contribution is -2.41. The maximum Gasteiger partial charge on any atom is 0.163 e. The highest BCUT2D eigenvalue weighted by molar-refractivity contribution is 5.03. The summed E-state index contributed by atoms with van der Waals surface area (Å²) in [5.41, 5.74) is 2.89. The van der Waals surface area contributed by atoms with Crippen molar-refractivity contribution in [3.63, 3.8) is 0 Å². The topological polar surface area (TPSA) is 18.5 Å². The van der Waals surface area contributed by atoms with Crippen LogP contribution < -0.4 is 0 Å². The van der Waals surface area contributed by atoms with Gasteiger partial charge in [0.25, 0.3) is 0 Å². The Morgan fingerprint density at radius 3 is 2.50 bits per heavy atom. The van der Waals surface area contributed by atoms with E-state index in [2.05, 4.69) is 53.7 Å². The smallest absolute Gasteiger partial charge is 0.163 e. The standard InChI is InChI=1S/C18H32O2/c1-14(2)8-7-9-15(3)10-12-18(5,6)17-19-13-11-16(4)20-17/h8,10,16-17H,7,9,11-13H2,1-6H3/b15-10+/t16-,17+/m1/s1. The van der Waals surface area contributed by atoms with Gasteiger partial charge in [-0.05, 0) is 53.4 Å². The average Bonchev–Trinajstić information content (AvgIpc) is 2.36. The number of hydrogen-bond donors (Lipinski definition) is 0. The minimum Gasteiger partial charge on any atom is -0.352 e. The second-order valence-electron chi connectivity index (χ2n) is 7.00. The molecule has 2 nitrogen and oxygen atoms in total. The van der Waals surface area contributed by atoms with Crippen molar-refractivity contribution in [3.8, 4) is 0 Å². The first kappa shape index (κ1) is 17.5. The largest absolute Gasteiger partial charge is 0.352 e. The Morgan fingerprint density at radius 2 is 1.90 bits per heavy atom. The van der Waals surface area contributed by atoms with Gasteiger partial charge in [0.05, 0.1) is 12.7 Å². The molecule has 20 heavy (non-hydrogen) atoms. The molecule has 0 amide bonds. The Morgan fingerprint density at radius 1 is 1.20 bits per heavy atom. The second kappa shape index (κ2) is 7.99. The zero-order chi connectivity index (χ0) is 15.2. The van der Waals surface area contributed by atoms with Gasteiger partial charge in [0.1, 0.15) is 0 Å². The summed E-state index contributed by atoms with van der Waals surface area (Å²) in [4.78, 5) is 0. The Kier molecular flexibility index (Phi) is 6.97. The van der Waals surface area contributed by atoms with Gasteiger partial charge in [0.15, 0.2) is 6.29 Å². The van der Waals surface area contributed by atoms with Crippen molar-refractivity contribution in [2.45, 2.75) is 79.6 Å². The van der Waals surface area contributed by atoms with E-state index in [0.717, 1.165) is 32.3 Å². The van der Waals surface area contributed by atoms with Crippen molar-refractivity contribution in [2.75, 3.05) is 6.61 Å². The Bertz CT molecular complexity index is 348. The minimum atomic E-state index is -0.0758. The van der Waals surface area contributed by atoms with Crippen LogP contribution in [-0.4, -0.2) is 19.0 Å². The molecule has 2 atom stereocenters. The third kappa shape index (κ3) is 6.23. The van der Waals surface area contributed by atoms with Crippen molar-refractivity contribution >= 4 is 0 Å². The predicted molar refractivity (Wildman–Crippen MR) is 85.7 cm³/mol. The number of hydrogen-bond acceptors (Lipinski definition) is 2. The molecule has 1 saturated heterocycles. The number of rotatable bonds is 6. The van der Waals surface area contributed by atoms with Crippen LogP contribution in [0.1, 0.15) is 67.2 Å². The third-order valence-corrected chi connectivity index (χ3v) is 3.86. The summed E-state index contributed by atoms with van der Waals surface area (Å²) in [5.74, 6) is 0. The van der Waals surface area contributed by atoms with Crippen LogP contribution in [0.15, 0.2) is 23.3 Å². The summed E-state index contributed by atoms with van der Waals surface area (Å²) in [6.45, 7) is 13.9. The fourth-order valence-corrected chi connectivity index (χ4v) is 2.29. The van der Waals surface area contributed by atoms with Crippen LogP contribution in [0.5, 0.6) is 0 Å². The van der Waals surface area contributed by atoms with Gasteiger partial charge in [-0.3, -0.25) is 0 Å². The second-order valence-corrected chi connectivity index (χ2v) is 7.00. The lowest BCUT2D eigenvalue weighted by Gasteiger charge is -2.38. The van der Waals surface area contributed by atoms with Gasteiger partial charge < -0.3 is 9.47 Å². The lowest BCUT2D eigenvalue weighted by molar-refractivity contribution is -0.251. The molecule has 1 heterocycles. The fourth-order valence-electron chi connectivity index (χ4n) is 2.29. The normalized spacial score (nSPS) is 24.6. The predicted octanol–water partition coefficient (Wildman–Crippen LogP) is 5.25. The van der Waals surface area contributed by atoms with E-state index in [-0.39, 0.29) is 11.7 Å². The maximum absolute atomic E-state index is 5.93. The number of ether oxygens (including phenoxy) is 2. The fraction of sp³-hybridized carbons (Fsp3) is 0.778. The molecule has 0 aromatic rings. The van der Waals surface area contributed by atoms with Crippen molar-refractivity contribution in [1.29, 1.82) is 0 Å². The lowest BCUT2D eigenvalue weighted by atomic mass is 9.86. The van der Waals surface area contributed by atoms with E-state index >= 15 is 0 Å². The van der Waals surface area contributed by atoms with Crippen molar-refractivity contribution < 1.29 is 9.47 Å². The minimum absolute atomic E-state index is 0.0342. The van der Waals surface area contributed by atoms with E-state index in [9.17, 15) is 0 Å². The van der Waals surface area contributed by atoms with Gasteiger partial charge in [0.2, 0.25) is 0 Å². The molecular formula is C18H32O2. The van der Waals surface area contributed by atoms with Gasteiger partial charge >= 0.3 is 0 Å². The van der Waals surface area contributed by atoms with Crippen LogP contribution in [-0.2, 0) is 9.47 Å². The van der Waals surface area contributed by atoms with Gasteiger partial charge in [-0.15, -0.1) is 0 Å². The Hall–Kier alpha value is -0.600. The molecule has 0 radical (unpaired) electrons. The molecule has 0 aromatic heterocycles. The number of allylic oxidation sites excluding steroid dienone is 4.